The van der Waals surface area contributed by atoms with E-state index in [0.29, 0.717) is 0 Å². The predicted octanol–water partition coefficient (Wildman–Crippen LogP) is 3.74. The highest BCUT2D eigenvalue weighted by Crippen LogP contribution is 2.33. The van der Waals surface area contributed by atoms with Crippen LogP contribution in [0.25, 0.3) is 17.4 Å². The first-order valence-corrected chi connectivity index (χ1v) is 8.34. The van der Waals surface area contributed by atoms with E-state index in [-0.39, 0.29) is 33.6 Å². The molecule has 0 bridgehead atoms. The van der Waals surface area contributed by atoms with E-state index >= 15 is 0 Å². The Morgan fingerprint density at radius 2 is 2.00 bits per heavy atom. The van der Waals surface area contributed by atoms with E-state index in [2.05, 4.69) is 0 Å². The highest BCUT2D eigenvalue weighted by atomic mass is 35.5. The molecule has 9 heteroatoms. The molecule has 0 fully saturated rings. The summed E-state index contributed by atoms with van der Waals surface area (Å²) < 4.78 is 10.3. The zero-order chi connectivity index (χ0) is 20.4. The lowest BCUT2D eigenvalue weighted by molar-refractivity contribution is -0.384. The molecule has 1 aromatic carbocycles. The van der Waals surface area contributed by atoms with Gasteiger partial charge in [0.25, 0.3) is 5.69 Å². The van der Waals surface area contributed by atoms with Crippen LogP contribution >= 0.6 is 11.6 Å². The molecule has 8 nitrogen and oxygen atoms in total. The fourth-order valence-corrected chi connectivity index (χ4v) is 2.78. The Bertz CT molecular complexity index is 1060. The summed E-state index contributed by atoms with van der Waals surface area (Å²) in [4.78, 5) is 46.4. The lowest BCUT2D eigenvalue weighted by Gasteiger charge is -2.15. The van der Waals surface area contributed by atoms with Crippen LogP contribution in [-0.2, 0) is 19.1 Å². The molecule has 1 aliphatic rings. The number of cyclic esters (lactones) is 1. The number of rotatable bonds is 5. The molecule has 0 spiro atoms. The Hall–Kier alpha value is -3.52. The van der Waals surface area contributed by atoms with E-state index in [1.54, 1.807) is 0 Å². The highest BCUT2D eigenvalue weighted by Gasteiger charge is 2.36. The maximum absolute atomic E-state index is 12.2. The molecule has 0 saturated heterocycles. The summed E-state index contributed by atoms with van der Waals surface area (Å²) in [6.45, 7) is 1.44. The van der Waals surface area contributed by atoms with Gasteiger partial charge in [-0.2, -0.15) is 0 Å². The molecule has 0 saturated carbocycles. The number of hydrogen-bond donors (Lipinski definition) is 0. The standard InChI is InChI=1S/C19H12ClNO7/c1-10-8-16(23)18(19(24)27-10)15(22)6-3-12-4-7-17(28-12)13-5-2-11(20)9-14(13)21(25)26/h2-9,18H,1H3/b6-3+. The maximum Gasteiger partial charge on any atom is 0.329 e. The van der Waals surface area contributed by atoms with Gasteiger partial charge in [0.2, 0.25) is 0 Å². The molecule has 1 atom stereocenters. The van der Waals surface area contributed by atoms with Gasteiger partial charge in [-0.15, -0.1) is 0 Å². The summed E-state index contributed by atoms with van der Waals surface area (Å²) in [5.41, 5.74) is -0.0156. The second-order valence-electron chi connectivity index (χ2n) is 5.87. The number of furan rings is 1. The first-order valence-electron chi connectivity index (χ1n) is 7.96. The van der Waals surface area contributed by atoms with Crippen LogP contribution in [0, 0.1) is 16.0 Å². The highest BCUT2D eigenvalue weighted by molar-refractivity contribution is 6.31. The number of nitro groups is 1. The number of halogens is 1. The van der Waals surface area contributed by atoms with E-state index in [9.17, 15) is 24.5 Å². The fourth-order valence-electron chi connectivity index (χ4n) is 2.62. The summed E-state index contributed by atoms with van der Waals surface area (Å²) in [5.74, 6) is -3.36. The van der Waals surface area contributed by atoms with Crippen molar-refractivity contribution in [1.82, 2.24) is 0 Å². The summed E-state index contributed by atoms with van der Waals surface area (Å²) in [5, 5.41) is 11.4. The summed E-state index contributed by atoms with van der Waals surface area (Å²) >= 11 is 5.79. The average Bonchev–Trinajstić information content (AvgIpc) is 3.07. The van der Waals surface area contributed by atoms with Gasteiger partial charge in [-0.3, -0.25) is 24.5 Å². The van der Waals surface area contributed by atoms with Crippen LogP contribution in [0.4, 0.5) is 5.69 Å². The number of nitrogens with zero attached hydrogens (tertiary/aromatic N) is 1. The van der Waals surface area contributed by atoms with Crippen LogP contribution in [-0.4, -0.2) is 22.5 Å². The van der Waals surface area contributed by atoms with Crippen molar-refractivity contribution in [2.75, 3.05) is 0 Å². The fraction of sp³-hybridized carbons (Fsp3) is 0.105. The van der Waals surface area contributed by atoms with Gasteiger partial charge in [0, 0.05) is 17.2 Å². The number of esters is 1. The molecule has 0 radical (unpaired) electrons. The zero-order valence-electron chi connectivity index (χ0n) is 14.4. The van der Waals surface area contributed by atoms with Gasteiger partial charge in [-0.25, -0.2) is 0 Å². The van der Waals surface area contributed by atoms with Crippen molar-refractivity contribution in [2.24, 2.45) is 5.92 Å². The molecule has 142 valence electrons. The number of hydrogen-bond acceptors (Lipinski definition) is 7. The number of allylic oxidation sites excluding steroid dienone is 3. The SMILES string of the molecule is CC1=CC(=O)C(C(=O)/C=C/c2ccc(-c3ccc(Cl)cc3[N+](=O)[O-])o2)C(=O)O1. The minimum absolute atomic E-state index is 0.128. The molecule has 2 aromatic rings. The smallest absolute Gasteiger partial charge is 0.329 e. The Kier molecular flexibility index (Phi) is 5.23. The van der Waals surface area contributed by atoms with E-state index in [4.69, 9.17) is 20.8 Å². The van der Waals surface area contributed by atoms with Gasteiger partial charge in [0.1, 0.15) is 17.3 Å². The van der Waals surface area contributed by atoms with Crippen LogP contribution in [0.2, 0.25) is 5.02 Å². The van der Waals surface area contributed by atoms with Crippen LogP contribution in [0.15, 0.2) is 52.7 Å². The number of carbonyl (C=O) groups is 3. The van der Waals surface area contributed by atoms with Crippen molar-refractivity contribution in [1.29, 1.82) is 0 Å². The molecule has 28 heavy (non-hydrogen) atoms. The Morgan fingerprint density at radius 1 is 1.25 bits per heavy atom. The third-order valence-corrected chi connectivity index (χ3v) is 4.11. The molecule has 0 aliphatic carbocycles. The number of carbonyl (C=O) groups excluding carboxylic acids is 3. The molecule has 0 N–H and O–H groups in total. The molecule has 1 unspecified atom stereocenters. The average molecular weight is 402 g/mol. The monoisotopic (exact) mass is 401 g/mol. The number of ketones is 2. The number of nitro benzene ring substituents is 1. The van der Waals surface area contributed by atoms with E-state index < -0.39 is 28.4 Å². The van der Waals surface area contributed by atoms with Crippen molar-refractivity contribution >= 4 is 40.9 Å². The normalized spacial score (nSPS) is 16.8. The molecule has 1 aliphatic heterocycles. The first-order chi connectivity index (χ1) is 13.3. The zero-order valence-corrected chi connectivity index (χ0v) is 15.1. The van der Waals surface area contributed by atoms with Crippen LogP contribution in [0.5, 0.6) is 0 Å². The molecular weight excluding hydrogens is 390 g/mol. The molecule has 0 amide bonds. The predicted molar refractivity (Wildman–Crippen MR) is 98.2 cm³/mol. The third-order valence-electron chi connectivity index (χ3n) is 3.87. The number of ether oxygens (including phenoxy) is 1. The lowest BCUT2D eigenvalue weighted by atomic mass is 9.96. The van der Waals surface area contributed by atoms with Crippen molar-refractivity contribution in [3.05, 3.63) is 69.1 Å². The van der Waals surface area contributed by atoms with Crippen LogP contribution < -0.4 is 0 Å². The second kappa shape index (κ2) is 7.61. The van der Waals surface area contributed by atoms with E-state index in [1.165, 1.54) is 43.3 Å². The molecule has 1 aromatic heterocycles. The van der Waals surface area contributed by atoms with E-state index in [1.807, 2.05) is 0 Å². The molecule has 2 heterocycles. The minimum atomic E-state index is -1.55. The van der Waals surface area contributed by atoms with Crippen molar-refractivity contribution in [3.8, 4) is 11.3 Å². The van der Waals surface area contributed by atoms with Crippen molar-refractivity contribution in [2.45, 2.75) is 6.92 Å². The second-order valence-corrected chi connectivity index (χ2v) is 6.30. The van der Waals surface area contributed by atoms with Gasteiger partial charge >= 0.3 is 5.97 Å². The quantitative estimate of drug-likeness (QED) is 0.246. The topological polar surface area (TPSA) is 117 Å². The number of benzene rings is 1. The first kappa shape index (κ1) is 19.2. The molecular formula is C19H12ClNO7. The summed E-state index contributed by atoms with van der Waals surface area (Å²) in [6, 6.07) is 7.12. The summed E-state index contributed by atoms with van der Waals surface area (Å²) in [7, 11) is 0. The molecule has 3 rings (SSSR count). The van der Waals surface area contributed by atoms with Gasteiger partial charge in [-0.1, -0.05) is 11.6 Å². The lowest BCUT2D eigenvalue weighted by Crippen LogP contribution is -2.34. The van der Waals surface area contributed by atoms with Gasteiger partial charge in [0.05, 0.1) is 10.5 Å². The van der Waals surface area contributed by atoms with Crippen molar-refractivity contribution < 1.29 is 28.5 Å². The van der Waals surface area contributed by atoms with Crippen LogP contribution in [0.3, 0.4) is 0 Å². The Labute approximate surface area is 163 Å². The van der Waals surface area contributed by atoms with Crippen molar-refractivity contribution in [3.63, 3.8) is 0 Å². The third kappa shape index (κ3) is 3.91. The largest absolute Gasteiger partial charge is 0.456 e. The summed E-state index contributed by atoms with van der Waals surface area (Å²) in [6.07, 6.45) is 3.37. The Balaban J connectivity index is 1.82. The maximum atomic E-state index is 12.2. The Morgan fingerprint density at radius 3 is 2.68 bits per heavy atom. The van der Waals surface area contributed by atoms with Gasteiger partial charge in [-0.05, 0) is 43.3 Å². The van der Waals surface area contributed by atoms with Gasteiger partial charge in [0.15, 0.2) is 17.5 Å². The van der Waals surface area contributed by atoms with Crippen LogP contribution in [0.1, 0.15) is 12.7 Å². The van der Waals surface area contributed by atoms with E-state index in [0.717, 1.165) is 12.2 Å². The van der Waals surface area contributed by atoms with Gasteiger partial charge < -0.3 is 9.15 Å². The minimum Gasteiger partial charge on any atom is -0.456 e.